The Labute approximate surface area is 251 Å². The molecule has 0 bridgehead atoms. The van der Waals surface area contributed by atoms with Crippen molar-refractivity contribution < 1.29 is 23.9 Å². The lowest BCUT2D eigenvalue weighted by atomic mass is 9.79. The minimum Gasteiger partial charge on any atom is -0.481 e. The quantitative estimate of drug-likeness (QED) is 0.298. The Kier molecular flexibility index (Phi) is 8.93. The number of nitrogens with zero attached hydrogens (tertiary/aromatic N) is 5. The minimum absolute atomic E-state index is 0.0597. The molecule has 1 unspecified atom stereocenters. The van der Waals surface area contributed by atoms with E-state index in [4.69, 9.17) is 10.5 Å². The Morgan fingerprint density at radius 3 is 2.26 bits per heavy atom. The summed E-state index contributed by atoms with van der Waals surface area (Å²) in [5, 5.41) is 20.7. The molecule has 1 aromatic carbocycles. The summed E-state index contributed by atoms with van der Waals surface area (Å²) in [6.07, 6.45) is 6.53. The summed E-state index contributed by atoms with van der Waals surface area (Å²) in [6.45, 7) is 7.01. The summed E-state index contributed by atoms with van der Waals surface area (Å²) in [5.74, 6) is -1.18. The number of carboxylic acid groups (broad SMARTS) is 1. The van der Waals surface area contributed by atoms with Gasteiger partial charge >= 0.3 is 5.97 Å². The van der Waals surface area contributed by atoms with Crippen molar-refractivity contribution in [3.63, 3.8) is 0 Å². The van der Waals surface area contributed by atoms with Crippen LogP contribution in [-0.4, -0.2) is 93.8 Å². The van der Waals surface area contributed by atoms with Crippen LogP contribution in [0.3, 0.4) is 0 Å². The molecule has 11 nitrogen and oxygen atoms in total. The number of aliphatic carboxylic acids is 1. The number of halogens is 1. The smallest absolute Gasteiger partial charge is 0.303 e. The molecule has 3 fully saturated rings. The number of piperazine rings is 1. The molecule has 2 aromatic rings. The van der Waals surface area contributed by atoms with Crippen LogP contribution in [-0.2, 0) is 9.59 Å². The molecule has 3 heterocycles. The normalized spacial score (nSPS) is 18.7. The molecule has 1 aliphatic carbocycles. The van der Waals surface area contributed by atoms with Crippen LogP contribution in [0.15, 0.2) is 36.7 Å². The molecule has 3 N–H and O–H groups in total. The molecule has 12 heteroatoms. The minimum atomic E-state index is -0.915. The standard InChI is InChI=1S/C31H40FN7O4/c1-31(2,29(43)38-12-8-20(9-13-38)18-25(40)41)26(21-4-5-21)36-28(42)23-7-6-22(19-24(23)32)27(33)37-14-16-39(17-15-37)30-34-10-3-11-35-30/h3,6-7,10-11,19-21,26,33H,4-5,8-9,12-18H2,1-2H3,(H,36,42)(H,40,41). The zero-order valence-corrected chi connectivity index (χ0v) is 24.8. The summed E-state index contributed by atoms with van der Waals surface area (Å²) >= 11 is 0. The lowest BCUT2D eigenvalue weighted by molar-refractivity contribution is -0.144. The maximum absolute atomic E-state index is 15.3. The van der Waals surface area contributed by atoms with Gasteiger partial charge in [-0.3, -0.25) is 19.8 Å². The zero-order valence-electron chi connectivity index (χ0n) is 24.8. The van der Waals surface area contributed by atoms with Gasteiger partial charge in [0.15, 0.2) is 0 Å². The number of hydrogen-bond donors (Lipinski definition) is 3. The number of amides is 2. The number of amidine groups is 1. The molecule has 2 aliphatic heterocycles. The molecule has 1 saturated carbocycles. The highest BCUT2D eigenvalue weighted by molar-refractivity contribution is 5.99. The first kappa shape index (κ1) is 30.4. The van der Waals surface area contributed by atoms with Gasteiger partial charge < -0.3 is 25.1 Å². The Morgan fingerprint density at radius 2 is 1.67 bits per heavy atom. The highest BCUT2D eigenvalue weighted by Crippen LogP contribution is 2.42. The van der Waals surface area contributed by atoms with Crippen LogP contribution < -0.4 is 10.2 Å². The number of piperidine rings is 1. The van der Waals surface area contributed by atoms with E-state index in [1.54, 1.807) is 29.4 Å². The van der Waals surface area contributed by atoms with Crippen LogP contribution in [0, 0.1) is 28.5 Å². The Balaban J connectivity index is 1.20. The van der Waals surface area contributed by atoms with E-state index < -0.39 is 29.2 Å². The number of nitrogens with one attached hydrogen (secondary N) is 2. The Morgan fingerprint density at radius 1 is 1.02 bits per heavy atom. The van der Waals surface area contributed by atoms with Gasteiger partial charge in [-0.25, -0.2) is 14.4 Å². The van der Waals surface area contributed by atoms with E-state index >= 15 is 4.39 Å². The van der Waals surface area contributed by atoms with Gasteiger partial charge in [-0.1, -0.05) is 6.07 Å². The van der Waals surface area contributed by atoms with E-state index in [-0.39, 0.29) is 35.6 Å². The molecule has 230 valence electrons. The van der Waals surface area contributed by atoms with Crippen molar-refractivity contribution in [1.29, 1.82) is 5.41 Å². The van der Waals surface area contributed by atoms with Gasteiger partial charge in [0.1, 0.15) is 11.7 Å². The van der Waals surface area contributed by atoms with E-state index in [1.165, 1.54) is 12.1 Å². The van der Waals surface area contributed by atoms with E-state index in [0.717, 1.165) is 12.8 Å². The average Bonchev–Trinajstić information content (AvgIpc) is 3.85. The molecule has 0 radical (unpaired) electrons. The fraction of sp³-hybridized carbons (Fsp3) is 0.548. The lowest BCUT2D eigenvalue weighted by Gasteiger charge is -2.40. The Bertz CT molecular complexity index is 1350. The topological polar surface area (TPSA) is 143 Å². The number of carbonyl (C=O) groups excluding carboxylic acids is 2. The molecule has 0 spiro atoms. The number of benzene rings is 1. The molecule has 1 atom stereocenters. The molecule has 3 aliphatic rings. The number of likely N-dealkylation sites (tertiary alicyclic amines) is 1. The highest BCUT2D eigenvalue weighted by Gasteiger charge is 2.48. The van der Waals surface area contributed by atoms with Crippen molar-refractivity contribution in [3.05, 3.63) is 53.6 Å². The molecular weight excluding hydrogens is 553 g/mol. The summed E-state index contributed by atoms with van der Waals surface area (Å²) in [7, 11) is 0. The van der Waals surface area contributed by atoms with Gasteiger partial charge in [-0.05, 0) is 69.6 Å². The van der Waals surface area contributed by atoms with Crippen molar-refractivity contribution in [2.24, 2.45) is 17.3 Å². The summed E-state index contributed by atoms with van der Waals surface area (Å²) in [6, 6.07) is 5.53. The maximum Gasteiger partial charge on any atom is 0.303 e. The van der Waals surface area contributed by atoms with E-state index in [0.29, 0.717) is 63.6 Å². The number of carbonyl (C=O) groups is 3. The fourth-order valence-corrected chi connectivity index (χ4v) is 6.28. The second-order valence-electron chi connectivity index (χ2n) is 12.4. The van der Waals surface area contributed by atoms with Crippen molar-refractivity contribution in [1.82, 2.24) is 25.1 Å². The van der Waals surface area contributed by atoms with Crippen LogP contribution in [0.2, 0.25) is 0 Å². The Hall–Kier alpha value is -4.09. The summed E-state index contributed by atoms with van der Waals surface area (Å²) < 4.78 is 15.3. The van der Waals surface area contributed by atoms with E-state index in [2.05, 4.69) is 15.3 Å². The summed E-state index contributed by atoms with van der Waals surface area (Å²) in [5.41, 5.74) is -0.646. The van der Waals surface area contributed by atoms with Crippen molar-refractivity contribution in [2.45, 2.75) is 52.0 Å². The number of aromatic nitrogens is 2. The average molecular weight is 594 g/mol. The number of hydrogen-bond acceptors (Lipinski definition) is 7. The van der Waals surface area contributed by atoms with Gasteiger partial charge in [-0.2, -0.15) is 0 Å². The third-order valence-electron chi connectivity index (χ3n) is 8.99. The van der Waals surface area contributed by atoms with Crippen LogP contribution in [0.1, 0.15) is 61.9 Å². The predicted octanol–water partition coefficient (Wildman–Crippen LogP) is 3.01. The van der Waals surface area contributed by atoms with Gasteiger partial charge in [0.05, 0.1) is 11.0 Å². The van der Waals surface area contributed by atoms with E-state index in [9.17, 15) is 14.4 Å². The molecule has 2 amide bonds. The first-order valence-electron chi connectivity index (χ1n) is 15.0. The van der Waals surface area contributed by atoms with Gasteiger partial charge in [0.25, 0.3) is 5.91 Å². The second-order valence-corrected chi connectivity index (χ2v) is 12.4. The summed E-state index contributed by atoms with van der Waals surface area (Å²) in [4.78, 5) is 52.3. The van der Waals surface area contributed by atoms with Gasteiger partial charge in [-0.15, -0.1) is 0 Å². The van der Waals surface area contributed by atoms with Gasteiger partial charge in [0.2, 0.25) is 11.9 Å². The maximum atomic E-state index is 15.3. The van der Waals surface area contributed by atoms with Crippen molar-refractivity contribution in [2.75, 3.05) is 44.2 Å². The monoisotopic (exact) mass is 593 g/mol. The predicted molar refractivity (Wildman–Crippen MR) is 158 cm³/mol. The van der Waals surface area contributed by atoms with E-state index in [1.807, 2.05) is 23.6 Å². The number of carboxylic acids is 1. The second kappa shape index (κ2) is 12.6. The third-order valence-corrected chi connectivity index (χ3v) is 8.99. The third kappa shape index (κ3) is 6.94. The molecule has 5 rings (SSSR count). The molecule has 43 heavy (non-hydrogen) atoms. The molecule has 1 aromatic heterocycles. The van der Waals surface area contributed by atoms with Crippen LogP contribution in [0.5, 0.6) is 0 Å². The van der Waals surface area contributed by atoms with Crippen LogP contribution in [0.4, 0.5) is 10.3 Å². The fourth-order valence-electron chi connectivity index (χ4n) is 6.28. The first-order chi connectivity index (χ1) is 20.5. The molecule has 2 saturated heterocycles. The highest BCUT2D eigenvalue weighted by atomic mass is 19.1. The zero-order chi connectivity index (χ0) is 30.7. The lowest BCUT2D eigenvalue weighted by Crippen LogP contribution is -2.56. The largest absolute Gasteiger partial charge is 0.481 e. The van der Waals surface area contributed by atoms with Crippen molar-refractivity contribution in [3.8, 4) is 0 Å². The van der Waals surface area contributed by atoms with Crippen LogP contribution >= 0.6 is 0 Å². The van der Waals surface area contributed by atoms with Gasteiger partial charge in [0, 0.05) is 69.7 Å². The SMILES string of the molecule is CC(C)(C(=O)N1CCC(CC(=O)O)CC1)C(NC(=O)c1ccc(C(=N)N2CCN(c3ncccn3)CC2)cc1F)C1CC1. The first-order valence-corrected chi connectivity index (χ1v) is 15.0. The number of anilines is 1. The molecular formula is C31H40FN7O4. The van der Waals surface area contributed by atoms with Crippen molar-refractivity contribution >= 4 is 29.6 Å². The number of rotatable bonds is 9. The van der Waals surface area contributed by atoms with Crippen LogP contribution in [0.25, 0.3) is 0 Å².